The lowest BCUT2D eigenvalue weighted by Gasteiger charge is -2.26. The Morgan fingerprint density at radius 1 is 1.05 bits per heavy atom. The zero-order valence-electron chi connectivity index (χ0n) is 20.3. The second kappa shape index (κ2) is 11.4. The second-order valence-electron chi connectivity index (χ2n) is 9.82. The number of nitrogens with one attached hydrogen (secondary N) is 3. The molecule has 2 atom stereocenters. The van der Waals surface area contributed by atoms with Crippen molar-refractivity contribution in [2.75, 3.05) is 18.4 Å². The van der Waals surface area contributed by atoms with Crippen LogP contribution in [0.5, 0.6) is 0 Å². The Balaban J connectivity index is 1.42. The summed E-state index contributed by atoms with van der Waals surface area (Å²) in [6.07, 6.45) is 1.17. The normalized spacial score (nSPS) is 19.2. The lowest BCUT2D eigenvalue weighted by molar-refractivity contribution is -0.137. The molecule has 0 bridgehead atoms. The zero-order valence-corrected chi connectivity index (χ0v) is 21.1. The molecule has 0 radical (unpaired) electrons. The fourth-order valence-electron chi connectivity index (χ4n) is 5.17. The number of hydrogen-bond donors (Lipinski definition) is 3. The highest BCUT2D eigenvalue weighted by atomic mass is 32.2. The second-order valence-corrected chi connectivity index (χ2v) is 11.5. The maximum absolute atomic E-state index is 13.7. The van der Waals surface area contributed by atoms with E-state index in [0.29, 0.717) is 31.5 Å². The summed E-state index contributed by atoms with van der Waals surface area (Å²) in [4.78, 5) is 12.8. The maximum Gasteiger partial charge on any atom is 0.416 e. The average molecular weight is 542 g/mol. The molecule has 1 aliphatic carbocycles. The summed E-state index contributed by atoms with van der Waals surface area (Å²) < 4.78 is 80.7. The number of alkyl halides is 3. The Hall–Kier alpha value is -2.66. The molecule has 202 valence electrons. The molecule has 2 aromatic carbocycles. The Kier molecular flexibility index (Phi) is 8.42. The molecule has 11 heteroatoms. The molecule has 0 saturated heterocycles. The van der Waals surface area contributed by atoms with Crippen molar-refractivity contribution in [1.29, 1.82) is 0 Å². The number of benzene rings is 2. The van der Waals surface area contributed by atoms with Crippen LogP contribution in [0, 0.1) is 11.7 Å². The molecule has 37 heavy (non-hydrogen) atoms. The summed E-state index contributed by atoms with van der Waals surface area (Å²) in [5.41, 5.74) is 0.749. The first kappa shape index (κ1) is 27.4. The molecule has 1 aliphatic heterocycles. The first-order valence-corrected chi connectivity index (χ1v) is 14.0. The summed E-state index contributed by atoms with van der Waals surface area (Å²) >= 11 is 0. The van der Waals surface area contributed by atoms with Crippen LogP contribution in [-0.2, 0) is 21.0 Å². The van der Waals surface area contributed by atoms with Gasteiger partial charge >= 0.3 is 6.18 Å². The van der Waals surface area contributed by atoms with Crippen LogP contribution in [0.1, 0.15) is 62.0 Å². The quantitative estimate of drug-likeness (QED) is 0.382. The number of sulfonamides is 1. The largest absolute Gasteiger partial charge is 0.416 e. The highest BCUT2D eigenvalue weighted by molar-refractivity contribution is 7.89. The van der Waals surface area contributed by atoms with Gasteiger partial charge in [0, 0.05) is 24.7 Å². The van der Waals surface area contributed by atoms with Crippen molar-refractivity contribution < 1.29 is 30.8 Å². The maximum atomic E-state index is 13.7. The SMILES string of the molecule is O=C(NCCC1CNc2ccc(F)cc21)[C@H](CC1CCCCC1)NS(=O)(=O)c1ccc(C(F)(F)F)cc1. The fourth-order valence-corrected chi connectivity index (χ4v) is 6.38. The molecule has 1 saturated carbocycles. The molecule has 1 fully saturated rings. The lowest BCUT2D eigenvalue weighted by Crippen LogP contribution is -2.48. The predicted molar refractivity (Wildman–Crippen MR) is 132 cm³/mol. The summed E-state index contributed by atoms with van der Waals surface area (Å²) in [7, 11) is -4.23. The van der Waals surface area contributed by atoms with Gasteiger partial charge in [0.25, 0.3) is 0 Å². The van der Waals surface area contributed by atoms with E-state index in [1.807, 2.05) is 0 Å². The molecular formula is C26H31F4N3O3S. The van der Waals surface area contributed by atoms with E-state index in [-0.39, 0.29) is 29.1 Å². The molecule has 0 spiro atoms. The van der Waals surface area contributed by atoms with Crippen molar-refractivity contribution in [3.63, 3.8) is 0 Å². The minimum absolute atomic E-state index is 0.00614. The molecule has 1 amide bonds. The number of anilines is 1. The van der Waals surface area contributed by atoms with Gasteiger partial charge in [-0.15, -0.1) is 0 Å². The third kappa shape index (κ3) is 7.01. The van der Waals surface area contributed by atoms with Gasteiger partial charge in [0.2, 0.25) is 15.9 Å². The Morgan fingerprint density at radius 2 is 1.76 bits per heavy atom. The van der Waals surface area contributed by atoms with Gasteiger partial charge in [-0.3, -0.25) is 4.79 Å². The van der Waals surface area contributed by atoms with Crippen molar-refractivity contribution in [2.45, 2.75) is 68.0 Å². The first-order valence-electron chi connectivity index (χ1n) is 12.5. The Labute approximate surface area is 214 Å². The third-order valence-electron chi connectivity index (χ3n) is 7.18. The van der Waals surface area contributed by atoms with Crippen LogP contribution in [0.4, 0.5) is 23.2 Å². The van der Waals surface area contributed by atoms with Gasteiger partial charge in [0.05, 0.1) is 10.5 Å². The average Bonchev–Trinajstić information content (AvgIpc) is 3.25. The molecule has 2 aliphatic rings. The topological polar surface area (TPSA) is 87.3 Å². The van der Waals surface area contributed by atoms with Crippen molar-refractivity contribution in [3.05, 3.63) is 59.4 Å². The number of carbonyl (C=O) groups is 1. The molecule has 1 unspecified atom stereocenters. The number of amides is 1. The third-order valence-corrected chi connectivity index (χ3v) is 8.67. The van der Waals surface area contributed by atoms with Crippen LogP contribution in [0.15, 0.2) is 47.4 Å². The van der Waals surface area contributed by atoms with Crippen molar-refractivity contribution in [2.24, 2.45) is 5.92 Å². The van der Waals surface area contributed by atoms with Crippen LogP contribution in [0.2, 0.25) is 0 Å². The summed E-state index contributed by atoms with van der Waals surface area (Å²) in [5.74, 6) is -0.631. The Bertz CT molecular complexity index is 1200. The van der Waals surface area contributed by atoms with Crippen LogP contribution in [-0.4, -0.2) is 33.5 Å². The van der Waals surface area contributed by atoms with Crippen molar-refractivity contribution in [1.82, 2.24) is 10.0 Å². The van der Waals surface area contributed by atoms with E-state index in [0.717, 1.165) is 55.5 Å². The number of rotatable bonds is 9. The zero-order chi connectivity index (χ0) is 26.6. The summed E-state index contributed by atoms with van der Waals surface area (Å²) in [6.45, 7) is 0.880. The van der Waals surface area contributed by atoms with E-state index in [9.17, 15) is 30.8 Å². The monoisotopic (exact) mass is 541 g/mol. The van der Waals surface area contributed by atoms with Crippen LogP contribution in [0.3, 0.4) is 0 Å². The highest BCUT2D eigenvalue weighted by Gasteiger charge is 2.32. The van der Waals surface area contributed by atoms with Crippen molar-refractivity contribution in [3.8, 4) is 0 Å². The van der Waals surface area contributed by atoms with Gasteiger partial charge in [0.1, 0.15) is 11.9 Å². The van der Waals surface area contributed by atoms with Gasteiger partial charge in [-0.2, -0.15) is 17.9 Å². The molecular weight excluding hydrogens is 510 g/mol. The molecule has 0 aromatic heterocycles. The van der Waals surface area contributed by atoms with Crippen LogP contribution < -0.4 is 15.4 Å². The van der Waals surface area contributed by atoms with Crippen LogP contribution >= 0.6 is 0 Å². The molecule has 2 aromatic rings. The van der Waals surface area contributed by atoms with E-state index >= 15 is 0 Å². The molecule has 4 rings (SSSR count). The van der Waals surface area contributed by atoms with Gasteiger partial charge in [0.15, 0.2) is 0 Å². The molecule has 1 heterocycles. The number of carbonyl (C=O) groups excluding carboxylic acids is 1. The predicted octanol–water partition coefficient (Wildman–Crippen LogP) is 5.18. The van der Waals surface area contributed by atoms with Crippen molar-refractivity contribution >= 4 is 21.6 Å². The van der Waals surface area contributed by atoms with Gasteiger partial charge in [-0.1, -0.05) is 32.1 Å². The van der Waals surface area contributed by atoms with E-state index in [2.05, 4.69) is 15.4 Å². The van der Waals surface area contributed by atoms with E-state index in [4.69, 9.17) is 0 Å². The van der Waals surface area contributed by atoms with E-state index in [1.165, 1.54) is 12.1 Å². The van der Waals surface area contributed by atoms with E-state index < -0.39 is 33.7 Å². The molecule has 6 nitrogen and oxygen atoms in total. The minimum atomic E-state index is -4.58. The number of hydrogen-bond acceptors (Lipinski definition) is 4. The summed E-state index contributed by atoms with van der Waals surface area (Å²) in [5, 5.41) is 6.03. The Morgan fingerprint density at radius 3 is 2.43 bits per heavy atom. The summed E-state index contributed by atoms with van der Waals surface area (Å²) in [6, 6.07) is 6.69. The minimum Gasteiger partial charge on any atom is -0.384 e. The number of fused-ring (bicyclic) bond motifs is 1. The van der Waals surface area contributed by atoms with Crippen LogP contribution in [0.25, 0.3) is 0 Å². The van der Waals surface area contributed by atoms with E-state index in [1.54, 1.807) is 6.07 Å². The lowest BCUT2D eigenvalue weighted by atomic mass is 9.85. The van der Waals surface area contributed by atoms with Gasteiger partial charge in [-0.25, -0.2) is 12.8 Å². The van der Waals surface area contributed by atoms with Gasteiger partial charge < -0.3 is 10.6 Å². The standard InChI is InChI=1S/C26H31F4N3O3S/c27-20-8-11-23-22(15-20)18(16-32-23)12-13-31-25(34)24(14-17-4-2-1-3-5-17)33-37(35,36)21-9-6-19(7-10-21)26(28,29)30/h6-11,15,17-18,24,32-33H,1-5,12-14,16H2,(H,31,34)/t18?,24-/m0/s1. The highest BCUT2D eigenvalue weighted by Crippen LogP contribution is 2.34. The fraction of sp³-hybridized carbons (Fsp3) is 0.500. The van der Waals surface area contributed by atoms with Gasteiger partial charge in [-0.05, 0) is 66.8 Å². The number of halogens is 4. The first-order chi connectivity index (χ1) is 17.5. The molecule has 3 N–H and O–H groups in total. The smallest absolute Gasteiger partial charge is 0.384 e.